The first kappa shape index (κ1) is 20.7. The number of nitrogens with zero attached hydrogens (tertiary/aromatic N) is 1. The molecule has 1 aliphatic rings. The Morgan fingerprint density at radius 3 is 2.60 bits per heavy atom. The fraction of sp³-hybridized carbons (Fsp3) is 0.238. The van der Waals surface area contributed by atoms with E-state index in [-0.39, 0.29) is 23.5 Å². The van der Waals surface area contributed by atoms with E-state index in [9.17, 15) is 13.2 Å². The zero-order chi connectivity index (χ0) is 21.0. The van der Waals surface area contributed by atoms with Crippen LogP contribution < -0.4 is 10.0 Å². The van der Waals surface area contributed by atoms with Gasteiger partial charge in [-0.25, -0.2) is 18.1 Å². The van der Waals surface area contributed by atoms with Gasteiger partial charge in [-0.2, -0.15) is 0 Å². The number of aromatic nitrogens is 1. The summed E-state index contributed by atoms with van der Waals surface area (Å²) in [5, 5.41) is 5.11. The molecule has 9 heteroatoms. The van der Waals surface area contributed by atoms with E-state index in [1.54, 1.807) is 0 Å². The number of thiazole rings is 1. The van der Waals surface area contributed by atoms with Crippen LogP contribution in [-0.4, -0.2) is 38.6 Å². The van der Waals surface area contributed by atoms with Crippen LogP contribution in [0, 0.1) is 0 Å². The van der Waals surface area contributed by atoms with E-state index < -0.39 is 10.0 Å². The molecule has 1 amide bonds. The van der Waals surface area contributed by atoms with Crippen LogP contribution in [0.1, 0.15) is 23.2 Å². The number of hydrogen-bond acceptors (Lipinski definition) is 6. The van der Waals surface area contributed by atoms with Gasteiger partial charge in [-0.1, -0.05) is 30.3 Å². The van der Waals surface area contributed by atoms with Gasteiger partial charge in [0.15, 0.2) is 5.13 Å². The molecule has 0 bridgehead atoms. The summed E-state index contributed by atoms with van der Waals surface area (Å²) in [5.74, 6) is -0.347. The molecular weight excluding hydrogens is 422 g/mol. The largest absolute Gasteiger partial charge is 0.377 e. The lowest BCUT2D eigenvalue weighted by Crippen LogP contribution is -2.31. The van der Waals surface area contributed by atoms with E-state index in [0.29, 0.717) is 17.3 Å². The Kier molecular flexibility index (Phi) is 6.24. The van der Waals surface area contributed by atoms with Crippen molar-refractivity contribution in [2.45, 2.75) is 23.8 Å². The average molecular weight is 444 g/mol. The van der Waals surface area contributed by atoms with Crippen LogP contribution in [0.15, 0.2) is 64.9 Å². The Hall–Kier alpha value is -2.59. The van der Waals surface area contributed by atoms with Crippen LogP contribution in [-0.2, 0) is 14.8 Å². The van der Waals surface area contributed by atoms with Crippen LogP contribution in [0.4, 0.5) is 5.13 Å². The Balaban J connectivity index is 1.39. The summed E-state index contributed by atoms with van der Waals surface area (Å²) >= 11 is 1.33. The van der Waals surface area contributed by atoms with Crippen molar-refractivity contribution in [2.75, 3.05) is 18.5 Å². The minimum Gasteiger partial charge on any atom is -0.377 e. The van der Waals surface area contributed by atoms with Crippen LogP contribution in [0.3, 0.4) is 0 Å². The number of anilines is 1. The predicted octanol–water partition coefficient (Wildman–Crippen LogP) is 3.52. The first-order valence-corrected chi connectivity index (χ1v) is 11.9. The van der Waals surface area contributed by atoms with E-state index >= 15 is 0 Å². The second-order valence-electron chi connectivity index (χ2n) is 6.87. The number of rotatable bonds is 7. The van der Waals surface area contributed by atoms with Gasteiger partial charge in [0.2, 0.25) is 10.0 Å². The Bertz CT molecular complexity index is 1110. The van der Waals surface area contributed by atoms with Crippen molar-refractivity contribution in [3.05, 3.63) is 65.5 Å². The van der Waals surface area contributed by atoms with E-state index in [1.165, 1.54) is 35.6 Å². The highest BCUT2D eigenvalue weighted by Crippen LogP contribution is 2.25. The number of carbonyl (C=O) groups excluding carboxylic acids is 1. The van der Waals surface area contributed by atoms with Crippen molar-refractivity contribution in [3.63, 3.8) is 0 Å². The van der Waals surface area contributed by atoms with E-state index in [4.69, 9.17) is 4.74 Å². The van der Waals surface area contributed by atoms with Crippen LogP contribution in [0.2, 0.25) is 0 Å². The van der Waals surface area contributed by atoms with Gasteiger partial charge in [0.1, 0.15) is 0 Å². The summed E-state index contributed by atoms with van der Waals surface area (Å²) in [6.07, 6.45) is 1.72. The predicted molar refractivity (Wildman–Crippen MR) is 116 cm³/mol. The molecule has 1 fully saturated rings. The summed E-state index contributed by atoms with van der Waals surface area (Å²) in [4.78, 5) is 17.0. The maximum atomic E-state index is 12.5. The zero-order valence-electron chi connectivity index (χ0n) is 16.1. The highest BCUT2D eigenvalue weighted by atomic mass is 32.2. The van der Waals surface area contributed by atoms with Crippen LogP contribution in [0.5, 0.6) is 0 Å². The molecule has 0 unspecified atom stereocenters. The molecule has 2 heterocycles. The van der Waals surface area contributed by atoms with Gasteiger partial charge in [-0.15, -0.1) is 11.3 Å². The maximum Gasteiger partial charge on any atom is 0.257 e. The second kappa shape index (κ2) is 9.05. The molecule has 156 valence electrons. The molecule has 7 nitrogen and oxygen atoms in total. The van der Waals surface area contributed by atoms with Crippen LogP contribution in [0.25, 0.3) is 11.3 Å². The summed E-state index contributed by atoms with van der Waals surface area (Å²) in [6, 6.07) is 15.5. The molecule has 1 aromatic heterocycles. The van der Waals surface area contributed by atoms with Crippen molar-refractivity contribution in [3.8, 4) is 11.3 Å². The van der Waals surface area contributed by atoms with E-state index in [2.05, 4.69) is 15.0 Å². The molecule has 1 saturated heterocycles. The molecule has 1 atom stereocenters. The third-order valence-electron chi connectivity index (χ3n) is 4.75. The minimum atomic E-state index is -3.65. The molecular formula is C21H21N3O4S2. The molecule has 0 radical (unpaired) electrons. The second-order valence-corrected chi connectivity index (χ2v) is 9.49. The monoisotopic (exact) mass is 443 g/mol. The van der Waals surface area contributed by atoms with Gasteiger partial charge in [-0.3, -0.25) is 10.1 Å². The maximum absolute atomic E-state index is 12.5. The smallest absolute Gasteiger partial charge is 0.257 e. The van der Waals surface area contributed by atoms with E-state index in [1.807, 2.05) is 35.7 Å². The zero-order valence-corrected chi connectivity index (χ0v) is 17.7. The van der Waals surface area contributed by atoms with Gasteiger partial charge >= 0.3 is 0 Å². The van der Waals surface area contributed by atoms with Crippen molar-refractivity contribution in [2.24, 2.45) is 0 Å². The lowest BCUT2D eigenvalue weighted by molar-refractivity contribution is 0.102. The summed E-state index contributed by atoms with van der Waals surface area (Å²) in [6.45, 7) is 0.917. The third-order valence-corrected chi connectivity index (χ3v) is 6.94. The number of benzene rings is 2. The number of nitrogens with one attached hydrogen (secondary N) is 2. The fourth-order valence-corrected chi connectivity index (χ4v) is 4.90. The molecule has 2 aromatic carbocycles. The average Bonchev–Trinajstić information content (AvgIpc) is 3.45. The van der Waals surface area contributed by atoms with Crippen molar-refractivity contribution in [1.29, 1.82) is 0 Å². The molecule has 0 saturated carbocycles. The number of sulfonamides is 1. The number of hydrogen-bond donors (Lipinski definition) is 2. The Labute approximate surface area is 179 Å². The number of carbonyl (C=O) groups is 1. The number of amides is 1. The van der Waals surface area contributed by atoms with Gasteiger partial charge in [-0.05, 0) is 37.1 Å². The van der Waals surface area contributed by atoms with Gasteiger partial charge in [0.25, 0.3) is 5.91 Å². The highest BCUT2D eigenvalue weighted by molar-refractivity contribution is 7.89. The van der Waals surface area contributed by atoms with Crippen LogP contribution >= 0.6 is 11.3 Å². The normalized spacial score (nSPS) is 16.5. The molecule has 0 aliphatic carbocycles. The van der Waals surface area contributed by atoms with Gasteiger partial charge < -0.3 is 4.74 Å². The number of ether oxygens (including phenoxy) is 1. The molecule has 0 spiro atoms. The summed E-state index contributed by atoms with van der Waals surface area (Å²) < 4.78 is 32.8. The molecule has 30 heavy (non-hydrogen) atoms. The molecule has 4 rings (SSSR count). The lowest BCUT2D eigenvalue weighted by Gasteiger charge is -2.11. The summed E-state index contributed by atoms with van der Waals surface area (Å²) in [5.41, 5.74) is 2.11. The highest BCUT2D eigenvalue weighted by Gasteiger charge is 2.20. The fourth-order valence-electron chi connectivity index (χ4n) is 3.12. The minimum absolute atomic E-state index is 0.0797. The van der Waals surface area contributed by atoms with E-state index in [0.717, 1.165) is 24.1 Å². The molecule has 1 aliphatic heterocycles. The molecule has 2 N–H and O–H groups in total. The van der Waals surface area contributed by atoms with Gasteiger partial charge in [0, 0.05) is 29.7 Å². The quantitative estimate of drug-likeness (QED) is 0.582. The first-order valence-electron chi connectivity index (χ1n) is 9.55. The van der Waals surface area contributed by atoms with Gasteiger partial charge in [0.05, 0.1) is 16.7 Å². The Morgan fingerprint density at radius 2 is 1.90 bits per heavy atom. The SMILES string of the molecule is O=C(Nc1nc(-c2ccccc2)cs1)c1ccc(S(=O)(=O)NC[C@H]2CCCO2)cc1. The van der Waals surface area contributed by atoms with Crippen molar-refractivity contribution < 1.29 is 17.9 Å². The summed E-state index contributed by atoms with van der Waals surface area (Å²) in [7, 11) is -3.65. The van der Waals surface area contributed by atoms with Crippen molar-refractivity contribution >= 4 is 32.4 Å². The Morgan fingerprint density at radius 1 is 1.13 bits per heavy atom. The topological polar surface area (TPSA) is 97.4 Å². The van der Waals surface area contributed by atoms with Crippen molar-refractivity contribution in [1.82, 2.24) is 9.71 Å². The standard InChI is InChI=1S/C21H21N3O4S2/c25-20(24-21-23-19(14-29-21)15-5-2-1-3-6-15)16-8-10-18(11-9-16)30(26,27)22-13-17-7-4-12-28-17/h1-3,5-6,8-11,14,17,22H,4,7,12-13H2,(H,23,24,25)/t17-/m1/s1. The molecule has 3 aromatic rings. The lowest BCUT2D eigenvalue weighted by atomic mass is 10.2. The first-order chi connectivity index (χ1) is 14.5. The third kappa shape index (κ3) is 4.93.